The van der Waals surface area contributed by atoms with Crippen LogP contribution in [0.15, 0.2) is 33.3 Å². The van der Waals surface area contributed by atoms with Crippen LogP contribution in [-0.2, 0) is 0 Å². The molecule has 0 aliphatic heterocycles. The fraction of sp³-hybridized carbons (Fsp3) is 0. The average Bonchev–Trinajstić information content (AvgIpc) is 2.57. The Morgan fingerprint density at radius 2 is 2.21 bits per heavy atom. The highest BCUT2D eigenvalue weighted by Gasteiger charge is 2.11. The molecule has 0 saturated carbocycles. The second kappa shape index (κ2) is 3.34. The highest BCUT2D eigenvalue weighted by molar-refractivity contribution is 9.10. The number of hydrogen-bond acceptors (Lipinski definition) is 4. The molecule has 2 rings (SSSR count). The second-order valence-corrected chi connectivity index (χ2v) is 3.61. The summed E-state index contributed by atoms with van der Waals surface area (Å²) in [5, 5.41) is 13.2. The van der Waals surface area contributed by atoms with Crippen LogP contribution in [0, 0.1) is 0 Å². The maximum absolute atomic E-state index is 9.68. The summed E-state index contributed by atoms with van der Waals surface area (Å²) in [7, 11) is 0. The van der Waals surface area contributed by atoms with Crippen LogP contribution >= 0.6 is 15.9 Å². The van der Waals surface area contributed by atoms with Crippen molar-refractivity contribution in [3.8, 4) is 17.1 Å². The SMILES string of the molecule is Nc1cc(-c2cccc(Br)c2O)on1. The molecule has 1 aromatic heterocycles. The van der Waals surface area contributed by atoms with Crippen LogP contribution in [0.4, 0.5) is 5.82 Å². The minimum absolute atomic E-state index is 0.114. The van der Waals surface area contributed by atoms with Crippen molar-refractivity contribution in [2.45, 2.75) is 0 Å². The Hall–Kier alpha value is -1.49. The lowest BCUT2D eigenvalue weighted by Gasteiger charge is -2.01. The number of halogens is 1. The van der Waals surface area contributed by atoms with Crippen LogP contribution in [0.1, 0.15) is 0 Å². The molecule has 0 aliphatic carbocycles. The molecule has 2 aromatic rings. The van der Waals surface area contributed by atoms with Crippen LogP contribution in [0.25, 0.3) is 11.3 Å². The monoisotopic (exact) mass is 254 g/mol. The highest BCUT2D eigenvalue weighted by atomic mass is 79.9. The zero-order chi connectivity index (χ0) is 10.1. The first-order valence-corrected chi connectivity index (χ1v) is 4.68. The third-order valence-electron chi connectivity index (χ3n) is 1.78. The normalized spacial score (nSPS) is 10.4. The Morgan fingerprint density at radius 3 is 2.86 bits per heavy atom. The summed E-state index contributed by atoms with van der Waals surface area (Å²) in [6.45, 7) is 0. The van der Waals surface area contributed by atoms with Gasteiger partial charge in [0.2, 0.25) is 0 Å². The van der Waals surface area contributed by atoms with E-state index in [0.717, 1.165) is 0 Å². The van der Waals surface area contributed by atoms with E-state index in [4.69, 9.17) is 10.3 Å². The predicted octanol–water partition coefficient (Wildman–Crippen LogP) is 2.39. The molecule has 0 unspecified atom stereocenters. The summed E-state index contributed by atoms with van der Waals surface area (Å²) in [5.41, 5.74) is 5.96. The van der Waals surface area contributed by atoms with Crippen LogP contribution in [0.5, 0.6) is 5.75 Å². The van der Waals surface area contributed by atoms with E-state index in [-0.39, 0.29) is 5.75 Å². The van der Waals surface area contributed by atoms with Gasteiger partial charge >= 0.3 is 0 Å². The first kappa shape index (κ1) is 9.08. The number of nitrogen functional groups attached to an aromatic ring is 1. The number of anilines is 1. The lowest BCUT2D eigenvalue weighted by Crippen LogP contribution is -1.80. The second-order valence-electron chi connectivity index (χ2n) is 2.75. The van der Waals surface area contributed by atoms with Gasteiger partial charge in [-0.05, 0) is 28.1 Å². The zero-order valence-corrected chi connectivity index (χ0v) is 8.65. The van der Waals surface area contributed by atoms with Gasteiger partial charge in [0, 0.05) is 6.07 Å². The van der Waals surface area contributed by atoms with Crippen molar-refractivity contribution >= 4 is 21.7 Å². The Kier molecular flexibility index (Phi) is 2.17. The lowest BCUT2D eigenvalue weighted by molar-refractivity contribution is 0.428. The minimum Gasteiger partial charge on any atom is -0.506 e. The van der Waals surface area contributed by atoms with E-state index in [9.17, 15) is 5.11 Å². The molecule has 1 aromatic carbocycles. The first-order valence-electron chi connectivity index (χ1n) is 3.88. The third-order valence-corrected chi connectivity index (χ3v) is 2.42. The van der Waals surface area contributed by atoms with Crippen LogP contribution in [-0.4, -0.2) is 10.3 Å². The number of nitrogens with two attached hydrogens (primary N) is 1. The van der Waals surface area contributed by atoms with Gasteiger partial charge in [-0.1, -0.05) is 11.2 Å². The molecular weight excluding hydrogens is 248 g/mol. The molecule has 0 saturated heterocycles. The molecule has 14 heavy (non-hydrogen) atoms. The largest absolute Gasteiger partial charge is 0.506 e. The molecule has 0 radical (unpaired) electrons. The molecule has 0 bridgehead atoms. The van der Waals surface area contributed by atoms with Gasteiger partial charge in [-0.3, -0.25) is 0 Å². The number of phenolic OH excluding ortho intramolecular Hbond substituents is 1. The van der Waals surface area contributed by atoms with Crippen molar-refractivity contribution in [2.75, 3.05) is 5.73 Å². The number of aromatic hydroxyl groups is 1. The third kappa shape index (κ3) is 1.46. The van der Waals surface area contributed by atoms with E-state index in [0.29, 0.717) is 21.6 Å². The predicted molar refractivity (Wildman–Crippen MR) is 55.7 cm³/mol. The summed E-state index contributed by atoms with van der Waals surface area (Å²) in [4.78, 5) is 0. The standard InChI is InChI=1S/C9H7BrN2O2/c10-6-3-1-2-5(9(6)13)7-4-8(11)12-14-7/h1-4,13H,(H2,11,12). The lowest BCUT2D eigenvalue weighted by atomic mass is 10.1. The van der Waals surface area contributed by atoms with Crippen molar-refractivity contribution in [3.63, 3.8) is 0 Å². The van der Waals surface area contributed by atoms with E-state index in [1.54, 1.807) is 24.3 Å². The summed E-state index contributed by atoms with van der Waals surface area (Å²) >= 11 is 3.21. The number of para-hydroxylation sites is 1. The first-order chi connectivity index (χ1) is 6.68. The van der Waals surface area contributed by atoms with E-state index in [1.165, 1.54) is 0 Å². The summed E-state index contributed by atoms with van der Waals surface area (Å²) in [6, 6.07) is 6.80. The number of aromatic nitrogens is 1. The number of phenols is 1. The van der Waals surface area contributed by atoms with Gasteiger partial charge in [0.05, 0.1) is 10.0 Å². The van der Waals surface area contributed by atoms with Gasteiger partial charge in [-0.2, -0.15) is 0 Å². The Balaban J connectivity index is 2.57. The van der Waals surface area contributed by atoms with Gasteiger partial charge in [-0.15, -0.1) is 0 Å². The van der Waals surface area contributed by atoms with E-state index >= 15 is 0 Å². The zero-order valence-electron chi connectivity index (χ0n) is 7.07. The fourth-order valence-electron chi connectivity index (χ4n) is 1.13. The maximum Gasteiger partial charge on any atom is 0.172 e. The van der Waals surface area contributed by atoms with Crippen molar-refractivity contribution in [3.05, 3.63) is 28.7 Å². The Morgan fingerprint density at radius 1 is 1.43 bits per heavy atom. The molecule has 0 aliphatic rings. The molecule has 0 fully saturated rings. The molecule has 0 atom stereocenters. The van der Waals surface area contributed by atoms with E-state index in [1.807, 2.05) is 0 Å². The summed E-state index contributed by atoms with van der Waals surface area (Å²) < 4.78 is 5.53. The van der Waals surface area contributed by atoms with Crippen molar-refractivity contribution < 1.29 is 9.63 Å². The van der Waals surface area contributed by atoms with Crippen LogP contribution in [0.2, 0.25) is 0 Å². The molecule has 0 amide bonds. The summed E-state index contributed by atoms with van der Waals surface area (Å²) in [5.74, 6) is 0.851. The van der Waals surface area contributed by atoms with Crippen LogP contribution in [0.3, 0.4) is 0 Å². The quantitative estimate of drug-likeness (QED) is 0.820. The topological polar surface area (TPSA) is 72.3 Å². The number of rotatable bonds is 1. The van der Waals surface area contributed by atoms with Crippen molar-refractivity contribution in [2.24, 2.45) is 0 Å². The number of hydrogen-bond donors (Lipinski definition) is 2. The highest BCUT2D eigenvalue weighted by Crippen LogP contribution is 2.35. The molecular formula is C9H7BrN2O2. The molecule has 5 heteroatoms. The van der Waals surface area contributed by atoms with E-state index in [2.05, 4.69) is 21.1 Å². The maximum atomic E-state index is 9.68. The molecule has 0 spiro atoms. The molecule has 72 valence electrons. The molecule has 3 N–H and O–H groups in total. The fourth-order valence-corrected chi connectivity index (χ4v) is 1.50. The Labute approximate surface area is 88.5 Å². The van der Waals surface area contributed by atoms with Gasteiger partial charge in [0.1, 0.15) is 5.75 Å². The number of nitrogens with zero attached hydrogens (tertiary/aromatic N) is 1. The van der Waals surface area contributed by atoms with Crippen molar-refractivity contribution in [1.82, 2.24) is 5.16 Å². The van der Waals surface area contributed by atoms with Gasteiger partial charge in [-0.25, -0.2) is 0 Å². The average molecular weight is 255 g/mol. The molecule has 1 heterocycles. The van der Waals surface area contributed by atoms with Crippen molar-refractivity contribution in [1.29, 1.82) is 0 Å². The Bertz CT molecular complexity index is 468. The minimum atomic E-state index is 0.114. The van der Waals surface area contributed by atoms with Crippen LogP contribution < -0.4 is 5.73 Å². The smallest absolute Gasteiger partial charge is 0.172 e. The number of benzene rings is 1. The van der Waals surface area contributed by atoms with Gasteiger partial charge in [0.25, 0.3) is 0 Å². The van der Waals surface area contributed by atoms with Gasteiger partial charge < -0.3 is 15.4 Å². The van der Waals surface area contributed by atoms with E-state index < -0.39 is 0 Å². The van der Waals surface area contributed by atoms with Gasteiger partial charge in [0.15, 0.2) is 11.6 Å². The molecule has 4 nitrogen and oxygen atoms in total. The summed E-state index contributed by atoms with van der Waals surface area (Å²) in [6.07, 6.45) is 0.